The minimum Gasteiger partial charge on any atom is -0.458 e. The van der Waals surface area contributed by atoms with Crippen molar-refractivity contribution in [1.29, 1.82) is 0 Å². The first-order chi connectivity index (χ1) is 9.45. The van der Waals surface area contributed by atoms with E-state index in [4.69, 9.17) is 4.74 Å². The van der Waals surface area contributed by atoms with E-state index in [2.05, 4.69) is 6.58 Å². The zero-order valence-electron chi connectivity index (χ0n) is 10.4. The molecule has 104 valence electrons. The summed E-state index contributed by atoms with van der Waals surface area (Å²) in [5.41, 5.74) is -0.174. The van der Waals surface area contributed by atoms with Gasteiger partial charge in [0.25, 0.3) is 10.1 Å². The van der Waals surface area contributed by atoms with Crippen LogP contribution in [-0.2, 0) is 14.9 Å². The Morgan fingerprint density at radius 3 is 2.60 bits per heavy atom. The predicted molar refractivity (Wildman–Crippen MR) is 74.2 cm³/mol. The highest BCUT2D eigenvalue weighted by Gasteiger charge is 2.23. The van der Waals surface area contributed by atoms with Gasteiger partial charge in [-0.2, -0.15) is 8.42 Å². The van der Waals surface area contributed by atoms with Gasteiger partial charge in [-0.15, -0.1) is 0 Å². The molecule has 0 unspecified atom stereocenters. The number of carbonyl (C=O) groups is 1. The minimum absolute atomic E-state index is 0.0486. The molecule has 0 radical (unpaired) electrons. The number of carbonyl (C=O) groups excluding carboxylic acids is 1. The van der Waals surface area contributed by atoms with Crippen molar-refractivity contribution in [2.24, 2.45) is 0 Å². The average molecular weight is 292 g/mol. The number of hydrogen-bond donors (Lipinski definition) is 1. The van der Waals surface area contributed by atoms with Crippen LogP contribution in [0.1, 0.15) is 10.4 Å². The van der Waals surface area contributed by atoms with E-state index >= 15 is 0 Å². The van der Waals surface area contributed by atoms with Gasteiger partial charge in [0.05, 0.1) is 5.56 Å². The Morgan fingerprint density at radius 1 is 1.25 bits per heavy atom. The smallest absolute Gasteiger partial charge is 0.340 e. The van der Waals surface area contributed by atoms with Crippen LogP contribution in [-0.4, -0.2) is 25.5 Å². The molecule has 1 N–H and O–H groups in total. The fourth-order valence-corrected chi connectivity index (χ4v) is 2.58. The molecule has 20 heavy (non-hydrogen) atoms. The maximum absolute atomic E-state index is 12.0. The number of hydrogen-bond acceptors (Lipinski definition) is 4. The highest BCUT2D eigenvalue weighted by atomic mass is 32.2. The van der Waals surface area contributed by atoms with Crippen LogP contribution < -0.4 is 0 Å². The normalized spacial score (nSPS) is 11.2. The SMILES string of the molecule is C=CCOC(=O)c1c(S(=O)(=O)O)ccc2ccccc12. The lowest BCUT2D eigenvalue weighted by Gasteiger charge is -2.10. The molecule has 0 aromatic heterocycles. The molecule has 0 aliphatic carbocycles. The summed E-state index contributed by atoms with van der Waals surface area (Å²) in [4.78, 5) is 11.6. The molecule has 0 amide bonds. The molecule has 0 saturated carbocycles. The fourth-order valence-electron chi connectivity index (χ4n) is 1.88. The van der Waals surface area contributed by atoms with Crippen molar-refractivity contribution in [1.82, 2.24) is 0 Å². The van der Waals surface area contributed by atoms with Gasteiger partial charge in [-0.1, -0.05) is 43.0 Å². The minimum atomic E-state index is -4.52. The lowest BCUT2D eigenvalue weighted by atomic mass is 10.0. The summed E-state index contributed by atoms with van der Waals surface area (Å²) < 4.78 is 36.9. The summed E-state index contributed by atoms with van der Waals surface area (Å²) in [5, 5.41) is 1.07. The molecule has 0 aliphatic rings. The first-order valence-electron chi connectivity index (χ1n) is 5.72. The molecular formula is C14H12O5S. The topological polar surface area (TPSA) is 80.7 Å². The average Bonchev–Trinajstić information content (AvgIpc) is 2.42. The third-order valence-electron chi connectivity index (χ3n) is 2.71. The number of benzene rings is 2. The summed E-state index contributed by atoms with van der Waals surface area (Å²) in [7, 11) is -4.52. The molecule has 2 rings (SSSR count). The van der Waals surface area contributed by atoms with Crippen LogP contribution in [0.2, 0.25) is 0 Å². The summed E-state index contributed by atoms with van der Waals surface area (Å²) in [6.45, 7) is 3.37. The monoisotopic (exact) mass is 292 g/mol. The molecular weight excluding hydrogens is 280 g/mol. The second-order valence-electron chi connectivity index (χ2n) is 4.02. The van der Waals surface area contributed by atoms with Crippen LogP contribution in [0.3, 0.4) is 0 Å². The van der Waals surface area contributed by atoms with E-state index in [0.29, 0.717) is 10.8 Å². The van der Waals surface area contributed by atoms with Crippen LogP contribution in [0.15, 0.2) is 53.9 Å². The number of rotatable bonds is 4. The van der Waals surface area contributed by atoms with Crippen molar-refractivity contribution in [2.45, 2.75) is 4.90 Å². The van der Waals surface area contributed by atoms with Crippen LogP contribution in [0.5, 0.6) is 0 Å². The van der Waals surface area contributed by atoms with Gasteiger partial charge in [0.2, 0.25) is 0 Å². The second-order valence-corrected chi connectivity index (χ2v) is 5.41. The molecule has 0 bridgehead atoms. The summed E-state index contributed by atoms with van der Waals surface area (Å²) in [6.07, 6.45) is 1.37. The van der Waals surface area contributed by atoms with E-state index in [1.807, 2.05) is 0 Å². The third-order valence-corrected chi connectivity index (χ3v) is 3.60. The van der Waals surface area contributed by atoms with Crippen molar-refractivity contribution in [3.05, 3.63) is 54.6 Å². The summed E-state index contributed by atoms with van der Waals surface area (Å²) in [5.74, 6) is -0.825. The van der Waals surface area contributed by atoms with Gasteiger partial charge in [0, 0.05) is 0 Å². The van der Waals surface area contributed by atoms with Crippen molar-refractivity contribution in [2.75, 3.05) is 6.61 Å². The summed E-state index contributed by atoms with van der Waals surface area (Å²) >= 11 is 0. The van der Waals surface area contributed by atoms with Gasteiger partial charge in [-0.05, 0) is 16.8 Å². The van der Waals surface area contributed by atoms with Crippen LogP contribution in [0, 0.1) is 0 Å². The molecule has 5 nitrogen and oxygen atoms in total. The Morgan fingerprint density at radius 2 is 1.95 bits per heavy atom. The Balaban J connectivity index is 2.74. The van der Waals surface area contributed by atoms with Gasteiger partial charge in [-0.3, -0.25) is 4.55 Å². The molecule has 0 spiro atoms. The number of esters is 1. The van der Waals surface area contributed by atoms with Crippen molar-refractivity contribution < 1.29 is 22.5 Å². The maximum Gasteiger partial charge on any atom is 0.340 e. The third kappa shape index (κ3) is 2.71. The van der Waals surface area contributed by atoms with Gasteiger partial charge in [0.15, 0.2) is 0 Å². The number of ether oxygens (including phenoxy) is 1. The standard InChI is InChI=1S/C14H12O5S/c1-2-9-19-14(15)13-11-6-4-3-5-10(11)7-8-12(13)20(16,17)18/h2-8H,1,9H2,(H,16,17,18). The maximum atomic E-state index is 12.0. The van der Waals surface area contributed by atoms with Gasteiger partial charge in [0.1, 0.15) is 11.5 Å². The lowest BCUT2D eigenvalue weighted by molar-refractivity contribution is 0.0547. The molecule has 0 heterocycles. The zero-order chi connectivity index (χ0) is 14.8. The Bertz CT molecular complexity index is 777. The molecule has 2 aromatic carbocycles. The molecule has 2 aromatic rings. The second kappa shape index (κ2) is 5.44. The molecule has 0 fully saturated rings. The highest BCUT2D eigenvalue weighted by molar-refractivity contribution is 7.86. The largest absolute Gasteiger partial charge is 0.458 e. The van der Waals surface area contributed by atoms with Crippen LogP contribution in [0.25, 0.3) is 10.8 Å². The Hall–Kier alpha value is -2.18. The fraction of sp³-hybridized carbons (Fsp3) is 0.0714. The van der Waals surface area contributed by atoms with Crippen LogP contribution in [0.4, 0.5) is 0 Å². The van der Waals surface area contributed by atoms with E-state index < -0.39 is 21.0 Å². The molecule has 0 atom stereocenters. The molecule has 6 heteroatoms. The van der Waals surface area contributed by atoms with Gasteiger partial charge < -0.3 is 4.74 Å². The predicted octanol–water partition coefficient (Wildman–Crippen LogP) is 2.43. The van der Waals surface area contributed by atoms with E-state index in [0.717, 1.165) is 0 Å². The van der Waals surface area contributed by atoms with E-state index in [9.17, 15) is 17.8 Å². The quantitative estimate of drug-likeness (QED) is 0.532. The van der Waals surface area contributed by atoms with Gasteiger partial charge in [-0.25, -0.2) is 4.79 Å². The zero-order valence-corrected chi connectivity index (χ0v) is 11.3. The summed E-state index contributed by atoms with van der Waals surface area (Å²) in [6, 6.07) is 9.45. The Labute approximate surface area is 116 Å². The van der Waals surface area contributed by atoms with E-state index in [1.54, 1.807) is 24.3 Å². The van der Waals surface area contributed by atoms with E-state index in [-0.39, 0.29) is 12.2 Å². The van der Waals surface area contributed by atoms with Crippen molar-refractivity contribution in [3.8, 4) is 0 Å². The van der Waals surface area contributed by atoms with Crippen LogP contribution >= 0.6 is 0 Å². The van der Waals surface area contributed by atoms with Gasteiger partial charge >= 0.3 is 5.97 Å². The highest BCUT2D eigenvalue weighted by Crippen LogP contribution is 2.26. The van der Waals surface area contributed by atoms with Crippen molar-refractivity contribution >= 4 is 26.9 Å². The van der Waals surface area contributed by atoms with Crippen molar-refractivity contribution in [3.63, 3.8) is 0 Å². The number of fused-ring (bicyclic) bond motifs is 1. The first-order valence-corrected chi connectivity index (χ1v) is 7.16. The lowest BCUT2D eigenvalue weighted by Crippen LogP contribution is -2.12. The first kappa shape index (κ1) is 14.2. The van der Waals surface area contributed by atoms with E-state index in [1.165, 1.54) is 18.2 Å². The Kier molecular flexibility index (Phi) is 3.87. The molecule has 0 saturated heterocycles. The molecule has 0 aliphatic heterocycles.